The van der Waals surface area contributed by atoms with E-state index in [0.717, 1.165) is 29.0 Å². The zero-order valence-corrected chi connectivity index (χ0v) is 17.7. The third-order valence-electron chi connectivity index (χ3n) is 4.34. The molecule has 0 atom stereocenters. The number of halogens is 1. The van der Waals surface area contributed by atoms with Crippen LogP contribution in [-0.2, 0) is 7.05 Å². The molecule has 0 aliphatic heterocycles. The second-order valence-corrected chi connectivity index (χ2v) is 7.46. The van der Waals surface area contributed by atoms with E-state index >= 15 is 0 Å². The van der Waals surface area contributed by atoms with E-state index in [0.29, 0.717) is 16.3 Å². The first kappa shape index (κ1) is 20.8. The van der Waals surface area contributed by atoms with Crippen molar-refractivity contribution in [1.82, 2.24) is 14.8 Å². The number of nitrogens with one attached hydrogen (secondary N) is 2. The molecule has 0 saturated heterocycles. The van der Waals surface area contributed by atoms with Gasteiger partial charge in [-0.25, -0.2) is 10.1 Å². The predicted molar refractivity (Wildman–Crippen MR) is 119 cm³/mol. The van der Waals surface area contributed by atoms with Gasteiger partial charge in [0.1, 0.15) is 0 Å². The predicted octanol–water partition coefficient (Wildman–Crippen LogP) is 4.33. The van der Waals surface area contributed by atoms with E-state index in [4.69, 9.17) is 11.6 Å². The number of hydrazone groups is 1. The zero-order chi connectivity index (χ0) is 21.0. The zero-order valence-electron chi connectivity index (χ0n) is 16.1. The lowest BCUT2D eigenvalue weighted by atomic mass is 10.2. The Hall–Kier alpha value is -2.97. The van der Waals surface area contributed by atoms with Crippen molar-refractivity contribution in [2.24, 2.45) is 12.1 Å². The Morgan fingerprint density at radius 3 is 2.41 bits per heavy atom. The van der Waals surface area contributed by atoms with E-state index in [9.17, 15) is 9.59 Å². The van der Waals surface area contributed by atoms with Crippen molar-refractivity contribution in [1.29, 1.82) is 0 Å². The highest BCUT2D eigenvalue weighted by molar-refractivity contribution is 8.14. The lowest BCUT2D eigenvalue weighted by Crippen LogP contribution is -2.23. The molecule has 0 saturated carbocycles. The highest BCUT2D eigenvalue weighted by Gasteiger charge is 2.18. The van der Waals surface area contributed by atoms with E-state index in [1.165, 1.54) is 0 Å². The summed E-state index contributed by atoms with van der Waals surface area (Å²) in [7, 11) is 1.81. The van der Waals surface area contributed by atoms with Gasteiger partial charge in [0.2, 0.25) is 0 Å². The number of benzene rings is 2. The van der Waals surface area contributed by atoms with Gasteiger partial charge in [-0.3, -0.25) is 14.3 Å². The van der Waals surface area contributed by atoms with Gasteiger partial charge in [-0.2, -0.15) is 5.10 Å². The molecular formula is C20H20ClN5O2S. The molecule has 9 heteroatoms. The van der Waals surface area contributed by atoms with Crippen molar-refractivity contribution >= 4 is 40.2 Å². The van der Waals surface area contributed by atoms with Crippen molar-refractivity contribution in [2.45, 2.75) is 13.8 Å². The molecule has 29 heavy (non-hydrogen) atoms. The summed E-state index contributed by atoms with van der Waals surface area (Å²) in [6.45, 7) is 3.53. The van der Waals surface area contributed by atoms with Crippen LogP contribution in [0.2, 0.25) is 5.02 Å². The third kappa shape index (κ3) is 4.72. The van der Waals surface area contributed by atoms with E-state index in [-0.39, 0.29) is 5.56 Å². The fourth-order valence-corrected chi connectivity index (χ4v) is 3.38. The topological polar surface area (TPSA) is 80.4 Å². The maximum atomic E-state index is 13.0. The van der Waals surface area contributed by atoms with Crippen molar-refractivity contribution in [2.75, 3.05) is 4.72 Å². The molecule has 2 aromatic carbocycles. The first-order chi connectivity index (χ1) is 13.9. The molecule has 7 nitrogen and oxygen atoms in total. The smallest absolute Gasteiger partial charge is 0.319 e. The fourth-order valence-electron chi connectivity index (χ4n) is 2.82. The normalized spacial score (nSPS) is 11.4. The van der Waals surface area contributed by atoms with Crippen LogP contribution in [0, 0.1) is 6.92 Å². The number of rotatable bonds is 5. The molecule has 0 aliphatic carbocycles. The van der Waals surface area contributed by atoms with E-state index in [2.05, 4.69) is 15.2 Å². The number of carbonyl (C=O) groups is 1. The average molecular weight is 430 g/mol. The summed E-state index contributed by atoms with van der Waals surface area (Å²) in [5, 5.41) is 4.31. The van der Waals surface area contributed by atoms with Gasteiger partial charge in [0, 0.05) is 35.4 Å². The standard InChI is InChI=1S/C20H20ClN5O2S/c1-13(22-23-20(28)29-24-16-11-9-15(21)10-12-16)18-14(2)25(3)26(19(18)27)17-7-5-4-6-8-17/h4-12,24H,1-3H3,(H,23,28)/b22-13+. The first-order valence-electron chi connectivity index (χ1n) is 8.75. The fraction of sp³-hybridized carbons (Fsp3) is 0.150. The lowest BCUT2D eigenvalue weighted by Gasteiger charge is -2.07. The van der Waals surface area contributed by atoms with Gasteiger partial charge in [-0.1, -0.05) is 29.8 Å². The minimum absolute atomic E-state index is 0.196. The molecule has 0 radical (unpaired) electrons. The SMILES string of the molecule is C/C(=N\NC(=O)SNc1ccc(Cl)cc1)c1c(C)n(C)n(-c2ccccc2)c1=O. The molecule has 0 fully saturated rings. The molecule has 150 valence electrons. The van der Waals surface area contributed by atoms with Gasteiger partial charge in [0.05, 0.1) is 17.0 Å². The summed E-state index contributed by atoms with van der Waals surface area (Å²) in [6.07, 6.45) is 0. The largest absolute Gasteiger partial charge is 0.322 e. The Morgan fingerprint density at radius 1 is 1.10 bits per heavy atom. The molecule has 3 aromatic rings. The number of anilines is 1. The summed E-state index contributed by atoms with van der Waals surface area (Å²) >= 11 is 6.68. The molecule has 3 rings (SSSR count). The molecule has 0 bridgehead atoms. The maximum absolute atomic E-state index is 13.0. The highest BCUT2D eigenvalue weighted by Crippen LogP contribution is 2.17. The molecular weight excluding hydrogens is 410 g/mol. The summed E-state index contributed by atoms with van der Waals surface area (Å²) in [5.41, 5.74) is 5.38. The molecule has 1 aromatic heterocycles. The maximum Gasteiger partial charge on any atom is 0.319 e. The Balaban J connectivity index is 1.73. The van der Waals surface area contributed by atoms with Crippen molar-refractivity contribution < 1.29 is 4.79 Å². The summed E-state index contributed by atoms with van der Waals surface area (Å²) < 4.78 is 6.24. The van der Waals surface area contributed by atoms with Gasteiger partial charge < -0.3 is 4.72 Å². The van der Waals surface area contributed by atoms with Gasteiger partial charge >= 0.3 is 5.24 Å². The minimum atomic E-state index is -0.406. The van der Waals surface area contributed by atoms with Gasteiger partial charge in [-0.05, 0) is 50.2 Å². The Labute approximate surface area is 177 Å². The summed E-state index contributed by atoms with van der Waals surface area (Å²) in [5.74, 6) is 0. The van der Waals surface area contributed by atoms with Crippen LogP contribution in [0.1, 0.15) is 18.2 Å². The number of aromatic nitrogens is 2. The van der Waals surface area contributed by atoms with Crippen LogP contribution >= 0.6 is 23.5 Å². The molecule has 2 N–H and O–H groups in total. The first-order valence-corrected chi connectivity index (χ1v) is 9.95. The van der Waals surface area contributed by atoms with Crippen LogP contribution < -0.4 is 15.7 Å². The number of amides is 1. The average Bonchev–Trinajstić information content (AvgIpc) is 2.95. The lowest BCUT2D eigenvalue weighted by molar-refractivity contribution is 0.261. The van der Waals surface area contributed by atoms with Crippen molar-refractivity contribution in [3.63, 3.8) is 0 Å². The summed E-state index contributed by atoms with van der Waals surface area (Å²) in [4.78, 5) is 25.0. The monoisotopic (exact) mass is 429 g/mol. The third-order valence-corrected chi connectivity index (χ3v) is 5.20. The van der Waals surface area contributed by atoms with Crippen LogP contribution in [0.5, 0.6) is 0 Å². The number of hydrogen-bond acceptors (Lipinski definition) is 5. The molecule has 1 heterocycles. The number of hydrogen-bond donors (Lipinski definition) is 2. The van der Waals surface area contributed by atoms with Crippen LogP contribution in [0.4, 0.5) is 10.5 Å². The Morgan fingerprint density at radius 2 is 1.76 bits per heavy atom. The van der Waals surface area contributed by atoms with Crippen molar-refractivity contribution in [3.8, 4) is 5.69 Å². The van der Waals surface area contributed by atoms with Crippen LogP contribution in [0.3, 0.4) is 0 Å². The van der Waals surface area contributed by atoms with E-state index in [1.807, 2.05) is 44.3 Å². The second kappa shape index (κ2) is 9.02. The molecule has 0 spiro atoms. The number of para-hydroxylation sites is 1. The second-order valence-electron chi connectivity index (χ2n) is 6.24. The Bertz CT molecular complexity index is 1100. The number of nitrogens with zero attached hydrogens (tertiary/aromatic N) is 3. The van der Waals surface area contributed by atoms with Gasteiger partial charge in [0.25, 0.3) is 5.56 Å². The van der Waals surface area contributed by atoms with E-state index in [1.54, 1.807) is 40.6 Å². The minimum Gasteiger partial charge on any atom is -0.322 e. The van der Waals surface area contributed by atoms with Crippen LogP contribution in [0.15, 0.2) is 64.5 Å². The van der Waals surface area contributed by atoms with Crippen LogP contribution in [0.25, 0.3) is 5.69 Å². The molecule has 1 amide bonds. The highest BCUT2D eigenvalue weighted by atomic mass is 35.5. The van der Waals surface area contributed by atoms with Crippen molar-refractivity contribution in [3.05, 3.63) is 81.2 Å². The van der Waals surface area contributed by atoms with Gasteiger partial charge in [-0.15, -0.1) is 0 Å². The quantitative estimate of drug-likeness (QED) is 0.359. The Kier molecular flexibility index (Phi) is 6.46. The number of carbonyl (C=O) groups excluding carboxylic acids is 1. The molecule has 0 aliphatic rings. The molecule has 0 unspecified atom stereocenters. The van der Waals surface area contributed by atoms with Gasteiger partial charge in [0.15, 0.2) is 0 Å². The van der Waals surface area contributed by atoms with E-state index < -0.39 is 5.24 Å². The summed E-state index contributed by atoms with van der Waals surface area (Å²) in [6, 6.07) is 16.3. The van der Waals surface area contributed by atoms with Crippen LogP contribution in [-0.4, -0.2) is 20.3 Å².